The van der Waals surface area contributed by atoms with Crippen molar-refractivity contribution in [1.29, 1.82) is 0 Å². The highest BCUT2D eigenvalue weighted by Gasteiger charge is 2.34. The summed E-state index contributed by atoms with van der Waals surface area (Å²) in [6.45, 7) is 0. The van der Waals surface area contributed by atoms with Crippen molar-refractivity contribution in [1.82, 2.24) is 14.1 Å². The zero-order chi connectivity index (χ0) is 22.7. The lowest BCUT2D eigenvalue weighted by molar-refractivity contribution is 0.413. The Balaban J connectivity index is 1.67. The molecule has 1 aliphatic heterocycles. The molecule has 164 valence electrons. The normalized spacial score (nSPS) is 14.8. The molecule has 5 nitrogen and oxygen atoms in total. The van der Waals surface area contributed by atoms with Crippen molar-refractivity contribution in [2.75, 3.05) is 7.11 Å². The Hall–Kier alpha value is -3.84. The topological polar surface area (TPSA) is 55.1 Å². The SMILES string of the molecule is COc1cccc(C2c3[nH]c4ccccc4c3Cc3c(O)n(-c4cccc(F)c4)c(=S)n32)c1. The van der Waals surface area contributed by atoms with Crippen LogP contribution >= 0.6 is 12.2 Å². The summed E-state index contributed by atoms with van der Waals surface area (Å²) in [5.74, 6) is 0.366. The van der Waals surface area contributed by atoms with Gasteiger partial charge in [-0.05, 0) is 59.7 Å². The van der Waals surface area contributed by atoms with E-state index < -0.39 is 5.82 Å². The summed E-state index contributed by atoms with van der Waals surface area (Å²) in [6.07, 6.45) is 0.498. The molecule has 1 atom stereocenters. The number of nitrogens with zero attached hydrogens (tertiary/aromatic N) is 2. The number of hydrogen-bond donors (Lipinski definition) is 2. The lowest BCUT2D eigenvalue weighted by Crippen LogP contribution is -2.21. The Bertz CT molecular complexity index is 1600. The molecule has 1 unspecified atom stereocenters. The van der Waals surface area contributed by atoms with Gasteiger partial charge in [0.2, 0.25) is 5.88 Å². The fourth-order valence-electron chi connectivity index (χ4n) is 4.90. The Labute approximate surface area is 194 Å². The second kappa shape index (κ2) is 7.35. The molecule has 0 fully saturated rings. The van der Waals surface area contributed by atoms with Gasteiger partial charge < -0.3 is 19.4 Å². The predicted molar refractivity (Wildman–Crippen MR) is 128 cm³/mol. The second-order valence-electron chi connectivity index (χ2n) is 8.16. The first-order valence-electron chi connectivity index (χ1n) is 10.6. The Morgan fingerprint density at radius 3 is 2.70 bits per heavy atom. The van der Waals surface area contributed by atoms with E-state index in [1.807, 2.05) is 47.0 Å². The minimum absolute atomic E-state index is 0.0226. The van der Waals surface area contributed by atoms with Crippen LogP contribution in [0.15, 0.2) is 72.8 Å². The number of halogens is 1. The third-order valence-electron chi connectivity index (χ3n) is 6.36. The number of hydrogen-bond acceptors (Lipinski definition) is 3. The maximum Gasteiger partial charge on any atom is 0.218 e. The third kappa shape index (κ3) is 2.93. The van der Waals surface area contributed by atoms with E-state index in [0.29, 0.717) is 22.6 Å². The van der Waals surface area contributed by atoms with Crippen molar-refractivity contribution in [3.8, 4) is 17.3 Å². The molecular formula is C26H20FN3O2S. The molecule has 7 heteroatoms. The first kappa shape index (κ1) is 19.8. The molecule has 0 bridgehead atoms. The van der Waals surface area contributed by atoms with Crippen LogP contribution in [-0.4, -0.2) is 26.3 Å². The van der Waals surface area contributed by atoms with Crippen molar-refractivity contribution in [3.63, 3.8) is 0 Å². The largest absolute Gasteiger partial charge is 0.497 e. The number of benzene rings is 3. The lowest BCUT2D eigenvalue weighted by Gasteiger charge is -2.27. The molecule has 0 saturated carbocycles. The first-order valence-corrected chi connectivity index (χ1v) is 11.0. The zero-order valence-electron chi connectivity index (χ0n) is 17.7. The fraction of sp³-hybridized carbons (Fsp3) is 0.115. The number of H-pyrrole nitrogens is 1. The van der Waals surface area contributed by atoms with E-state index in [4.69, 9.17) is 17.0 Å². The average molecular weight is 458 g/mol. The van der Waals surface area contributed by atoms with Gasteiger partial charge in [0.05, 0.1) is 18.5 Å². The molecule has 33 heavy (non-hydrogen) atoms. The van der Waals surface area contributed by atoms with E-state index in [-0.39, 0.29) is 11.9 Å². The summed E-state index contributed by atoms with van der Waals surface area (Å²) in [5.41, 5.74) is 5.30. The molecule has 2 N–H and O–H groups in total. The molecule has 3 aromatic carbocycles. The van der Waals surface area contributed by atoms with Crippen LogP contribution in [0.25, 0.3) is 16.6 Å². The lowest BCUT2D eigenvalue weighted by atomic mass is 9.93. The van der Waals surface area contributed by atoms with Crippen molar-refractivity contribution >= 4 is 23.1 Å². The van der Waals surface area contributed by atoms with Crippen molar-refractivity contribution in [2.45, 2.75) is 12.5 Å². The number of methoxy groups -OCH3 is 1. The monoisotopic (exact) mass is 457 g/mol. The van der Waals surface area contributed by atoms with Crippen LogP contribution in [0.3, 0.4) is 0 Å². The highest BCUT2D eigenvalue weighted by atomic mass is 32.1. The van der Waals surface area contributed by atoms with Gasteiger partial charge in [-0.3, -0.25) is 4.57 Å². The summed E-state index contributed by atoms with van der Waals surface area (Å²) >= 11 is 5.87. The molecule has 6 rings (SSSR count). The van der Waals surface area contributed by atoms with Crippen LogP contribution in [0.1, 0.15) is 28.6 Å². The second-order valence-corrected chi connectivity index (χ2v) is 8.52. The summed E-state index contributed by atoms with van der Waals surface area (Å²) in [5, 5.41) is 12.4. The van der Waals surface area contributed by atoms with Gasteiger partial charge in [-0.15, -0.1) is 0 Å². The summed E-state index contributed by atoms with van der Waals surface area (Å²) in [7, 11) is 1.64. The smallest absolute Gasteiger partial charge is 0.218 e. The number of fused-ring (bicyclic) bond motifs is 4. The number of aromatic hydroxyl groups is 1. The van der Waals surface area contributed by atoms with Gasteiger partial charge in [0.1, 0.15) is 17.6 Å². The number of aromatic amines is 1. The molecule has 5 aromatic rings. The van der Waals surface area contributed by atoms with Crippen molar-refractivity contribution in [2.24, 2.45) is 0 Å². The van der Waals surface area contributed by atoms with Crippen LogP contribution in [0.4, 0.5) is 4.39 Å². The van der Waals surface area contributed by atoms with Crippen LogP contribution in [0.2, 0.25) is 0 Å². The minimum Gasteiger partial charge on any atom is -0.497 e. The molecule has 0 saturated heterocycles. The molecule has 0 radical (unpaired) electrons. The third-order valence-corrected chi connectivity index (χ3v) is 6.74. The number of ether oxygens (including phenoxy) is 1. The van der Waals surface area contributed by atoms with Crippen LogP contribution < -0.4 is 4.74 Å². The minimum atomic E-state index is -0.390. The van der Waals surface area contributed by atoms with Gasteiger partial charge in [0.15, 0.2) is 4.77 Å². The van der Waals surface area contributed by atoms with E-state index in [0.717, 1.165) is 33.5 Å². The van der Waals surface area contributed by atoms with E-state index in [9.17, 15) is 9.50 Å². The van der Waals surface area contributed by atoms with Gasteiger partial charge in [0.25, 0.3) is 0 Å². The summed E-state index contributed by atoms with van der Waals surface area (Å²) in [4.78, 5) is 3.59. The molecule has 2 aromatic heterocycles. The number of rotatable bonds is 3. The quantitative estimate of drug-likeness (QED) is 0.326. The molecule has 3 heterocycles. The van der Waals surface area contributed by atoms with E-state index in [1.165, 1.54) is 16.7 Å². The molecule has 1 aliphatic rings. The van der Waals surface area contributed by atoms with Crippen LogP contribution in [0.5, 0.6) is 11.6 Å². The van der Waals surface area contributed by atoms with Gasteiger partial charge >= 0.3 is 0 Å². The van der Waals surface area contributed by atoms with Gasteiger partial charge in [-0.25, -0.2) is 4.39 Å². The number of para-hydroxylation sites is 1. The Morgan fingerprint density at radius 2 is 1.88 bits per heavy atom. The van der Waals surface area contributed by atoms with Crippen molar-refractivity contribution in [3.05, 3.63) is 106 Å². The summed E-state index contributed by atoms with van der Waals surface area (Å²) < 4.78 is 23.4. The average Bonchev–Trinajstić information content (AvgIpc) is 3.32. The molecule has 0 amide bonds. The maximum absolute atomic E-state index is 14.0. The van der Waals surface area contributed by atoms with E-state index in [1.54, 1.807) is 19.2 Å². The highest BCUT2D eigenvalue weighted by Crippen LogP contribution is 2.43. The zero-order valence-corrected chi connectivity index (χ0v) is 18.6. The number of nitrogens with one attached hydrogen (secondary N) is 1. The summed E-state index contributed by atoms with van der Waals surface area (Å²) in [6, 6.07) is 21.8. The number of imidazole rings is 1. The van der Waals surface area contributed by atoms with Crippen molar-refractivity contribution < 1.29 is 14.2 Å². The van der Waals surface area contributed by atoms with E-state index in [2.05, 4.69) is 11.1 Å². The Morgan fingerprint density at radius 1 is 1.06 bits per heavy atom. The number of aromatic nitrogens is 3. The highest BCUT2D eigenvalue weighted by molar-refractivity contribution is 7.71. The van der Waals surface area contributed by atoms with E-state index >= 15 is 0 Å². The standard InChI is InChI=1S/C26H20FN3O2S/c1-32-18-9-4-6-15(12-18)24-23-20(19-10-2-3-11-21(19)28-23)14-22-25(31)29(26(33)30(22)24)17-8-5-7-16(27)13-17/h2-13,24,28,31H,14H2,1H3. The molecule has 0 aliphatic carbocycles. The van der Waals surface area contributed by atoms with Gasteiger partial charge in [-0.1, -0.05) is 36.4 Å². The maximum atomic E-state index is 14.0. The van der Waals surface area contributed by atoms with Gasteiger partial charge in [0, 0.05) is 23.0 Å². The molecular weight excluding hydrogens is 437 g/mol. The van der Waals surface area contributed by atoms with Crippen LogP contribution in [0, 0.1) is 10.6 Å². The van der Waals surface area contributed by atoms with Gasteiger partial charge in [-0.2, -0.15) is 0 Å². The Kier molecular flexibility index (Phi) is 4.41. The predicted octanol–water partition coefficient (Wildman–Crippen LogP) is 5.88. The fourth-order valence-corrected chi connectivity index (χ4v) is 5.31. The first-order chi connectivity index (χ1) is 16.1. The van der Waals surface area contributed by atoms with Crippen LogP contribution in [-0.2, 0) is 6.42 Å². The molecule has 0 spiro atoms.